The zero-order valence-corrected chi connectivity index (χ0v) is 17.1. The van der Waals surface area contributed by atoms with Crippen molar-refractivity contribution in [2.75, 3.05) is 12.9 Å². The van der Waals surface area contributed by atoms with Gasteiger partial charge in [-0.25, -0.2) is 9.82 Å². The van der Waals surface area contributed by atoms with E-state index in [2.05, 4.69) is 23.1 Å². The Morgan fingerprint density at radius 3 is 2.79 bits per heavy atom. The third-order valence-corrected chi connectivity index (χ3v) is 6.72. The van der Waals surface area contributed by atoms with Crippen molar-refractivity contribution in [1.29, 1.82) is 0 Å². The standard InChI is InChI=1S/C21H24FN3O3S/c1-12-19-20(29-11-18(26)23-21(19)25-24-12)13-7-8-16(17(9-13)27-2)28-10-14-5-3-4-6-15(14)22/h3-9,12,19-21,24-25H,10-11H2,1-2H3,(H,23,26). The zero-order valence-electron chi connectivity index (χ0n) is 16.3. The molecule has 2 aromatic rings. The lowest BCUT2D eigenvalue weighted by Crippen LogP contribution is -2.46. The molecule has 0 bridgehead atoms. The molecule has 2 aliphatic heterocycles. The number of amides is 1. The van der Waals surface area contributed by atoms with E-state index >= 15 is 0 Å². The van der Waals surface area contributed by atoms with Crippen molar-refractivity contribution >= 4 is 17.7 Å². The first-order valence-corrected chi connectivity index (χ1v) is 10.6. The summed E-state index contributed by atoms with van der Waals surface area (Å²) in [4.78, 5) is 12.1. The molecule has 29 heavy (non-hydrogen) atoms. The van der Waals surface area contributed by atoms with Crippen LogP contribution in [0, 0.1) is 11.7 Å². The highest BCUT2D eigenvalue weighted by atomic mass is 32.2. The number of hydrazine groups is 1. The van der Waals surface area contributed by atoms with Crippen LogP contribution in [-0.2, 0) is 11.4 Å². The molecular weight excluding hydrogens is 393 g/mol. The molecule has 0 saturated carbocycles. The van der Waals surface area contributed by atoms with E-state index in [1.165, 1.54) is 6.07 Å². The SMILES string of the molecule is COc1cc(C2SCC(=O)NC3NNC(C)C32)ccc1OCc1ccccc1F. The van der Waals surface area contributed by atoms with E-state index in [0.29, 0.717) is 22.8 Å². The summed E-state index contributed by atoms with van der Waals surface area (Å²) in [5.74, 6) is 1.45. The van der Waals surface area contributed by atoms with Crippen molar-refractivity contribution < 1.29 is 18.7 Å². The maximum Gasteiger partial charge on any atom is 0.231 e. The molecule has 2 aromatic carbocycles. The highest BCUT2D eigenvalue weighted by molar-refractivity contribution is 8.00. The van der Waals surface area contributed by atoms with Crippen LogP contribution in [0.15, 0.2) is 42.5 Å². The van der Waals surface area contributed by atoms with Crippen LogP contribution in [0.25, 0.3) is 0 Å². The van der Waals surface area contributed by atoms with Crippen LogP contribution in [0.3, 0.4) is 0 Å². The summed E-state index contributed by atoms with van der Waals surface area (Å²) >= 11 is 1.62. The summed E-state index contributed by atoms with van der Waals surface area (Å²) in [7, 11) is 1.59. The summed E-state index contributed by atoms with van der Waals surface area (Å²) in [5, 5.41) is 3.13. The number of benzene rings is 2. The van der Waals surface area contributed by atoms with Crippen LogP contribution in [-0.4, -0.2) is 31.0 Å². The van der Waals surface area contributed by atoms with Gasteiger partial charge in [0.2, 0.25) is 5.91 Å². The normalized spacial score (nSPS) is 26.4. The van der Waals surface area contributed by atoms with E-state index in [0.717, 1.165) is 5.56 Å². The molecule has 0 aromatic heterocycles. The lowest BCUT2D eigenvalue weighted by molar-refractivity contribution is -0.119. The monoisotopic (exact) mass is 417 g/mol. The molecule has 0 spiro atoms. The molecule has 154 valence electrons. The van der Waals surface area contributed by atoms with E-state index < -0.39 is 0 Å². The fraction of sp³-hybridized carbons (Fsp3) is 0.381. The first-order chi connectivity index (χ1) is 14.1. The molecule has 8 heteroatoms. The minimum absolute atomic E-state index is 0.0210. The van der Waals surface area contributed by atoms with Gasteiger partial charge in [0.1, 0.15) is 12.4 Å². The first-order valence-electron chi connectivity index (χ1n) is 9.53. The van der Waals surface area contributed by atoms with Gasteiger partial charge >= 0.3 is 0 Å². The molecule has 1 amide bonds. The second-order valence-corrected chi connectivity index (χ2v) is 8.35. The predicted octanol–water partition coefficient (Wildman–Crippen LogP) is 2.76. The minimum Gasteiger partial charge on any atom is -0.493 e. The molecule has 4 rings (SSSR count). The quantitative estimate of drug-likeness (QED) is 0.695. The van der Waals surface area contributed by atoms with Crippen LogP contribution in [0.2, 0.25) is 0 Å². The van der Waals surface area contributed by atoms with E-state index in [4.69, 9.17) is 9.47 Å². The highest BCUT2D eigenvalue weighted by Gasteiger charge is 2.42. The largest absolute Gasteiger partial charge is 0.493 e. The number of thioether (sulfide) groups is 1. The van der Waals surface area contributed by atoms with Crippen molar-refractivity contribution in [3.63, 3.8) is 0 Å². The number of halogens is 1. The average molecular weight is 418 g/mol. The molecule has 3 N–H and O–H groups in total. The second kappa shape index (κ2) is 8.61. The van der Waals surface area contributed by atoms with E-state index in [1.54, 1.807) is 37.1 Å². The number of hydrogen-bond acceptors (Lipinski definition) is 6. The Kier molecular flexibility index (Phi) is 5.94. The molecule has 6 nitrogen and oxygen atoms in total. The third kappa shape index (κ3) is 4.19. The second-order valence-electron chi connectivity index (χ2n) is 7.22. The van der Waals surface area contributed by atoms with Crippen LogP contribution in [0.1, 0.15) is 23.3 Å². The van der Waals surface area contributed by atoms with Crippen molar-refractivity contribution in [3.8, 4) is 11.5 Å². The van der Waals surface area contributed by atoms with Gasteiger partial charge in [0.25, 0.3) is 0 Å². The molecule has 2 aliphatic rings. The van der Waals surface area contributed by atoms with Crippen molar-refractivity contribution in [2.24, 2.45) is 5.92 Å². The van der Waals surface area contributed by atoms with Crippen molar-refractivity contribution in [3.05, 3.63) is 59.4 Å². The summed E-state index contributed by atoms with van der Waals surface area (Å²) in [6, 6.07) is 12.5. The molecule has 0 aliphatic carbocycles. The molecular formula is C21H24FN3O3S. The number of methoxy groups -OCH3 is 1. The molecule has 4 unspecified atom stereocenters. The number of fused-ring (bicyclic) bond motifs is 1. The minimum atomic E-state index is -0.295. The molecule has 4 atom stereocenters. The van der Waals surface area contributed by atoms with E-state index in [-0.39, 0.29) is 41.7 Å². The van der Waals surface area contributed by atoms with E-state index in [1.807, 2.05) is 18.2 Å². The smallest absolute Gasteiger partial charge is 0.231 e. The fourth-order valence-corrected chi connectivity index (χ4v) is 5.20. The van der Waals surface area contributed by atoms with Gasteiger partial charge in [-0.15, -0.1) is 11.8 Å². The van der Waals surface area contributed by atoms with Crippen LogP contribution in [0.4, 0.5) is 4.39 Å². The van der Waals surface area contributed by atoms with Gasteiger partial charge in [-0.05, 0) is 30.7 Å². The lowest BCUT2D eigenvalue weighted by Gasteiger charge is -2.27. The van der Waals surface area contributed by atoms with Gasteiger partial charge in [0.15, 0.2) is 11.5 Å². The fourth-order valence-electron chi connectivity index (χ4n) is 3.83. The summed E-state index contributed by atoms with van der Waals surface area (Å²) < 4.78 is 25.2. The summed E-state index contributed by atoms with van der Waals surface area (Å²) in [6.45, 7) is 2.22. The number of ether oxygens (including phenoxy) is 2. The maximum atomic E-state index is 13.9. The zero-order chi connectivity index (χ0) is 20.4. The number of carbonyl (C=O) groups is 1. The predicted molar refractivity (Wildman–Crippen MR) is 110 cm³/mol. The molecule has 2 saturated heterocycles. The van der Waals surface area contributed by atoms with Crippen molar-refractivity contribution in [1.82, 2.24) is 16.2 Å². The van der Waals surface area contributed by atoms with E-state index in [9.17, 15) is 9.18 Å². The number of rotatable bonds is 5. The van der Waals surface area contributed by atoms with Gasteiger partial charge in [-0.2, -0.15) is 0 Å². The lowest BCUT2D eigenvalue weighted by atomic mass is 9.91. The van der Waals surface area contributed by atoms with Gasteiger partial charge < -0.3 is 14.8 Å². The topological polar surface area (TPSA) is 71.6 Å². The molecule has 2 heterocycles. The first kappa shape index (κ1) is 20.0. The van der Waals surface area contributed by atoms with Crippen molar-refractivity contribution in [2.45, 2.75) is 31.0 Å². The Labute approximate surface area is 173 Å². The number of carbonyl (C=O) groups excluding carboxylic acids is 1. The maximum absolute atomic E-state index is 13.9. The Balaban J connectivity index is 1.57. The highest BCUT2D eigenvalue weighted by Crippen LogP contribution is 2.44. The van der Waals surface area contributed by atoms with Crippen LogP contribution < -0.4 is 25.6 Å². The van der Waals surface area contributed by atoms with Gasteiger partial charge in [-0.3, -0.25) is 10.2 Å². The van der Waals surface area contributed by atoms with Crippen LogP contribution in [0.5, 0.6) is 11.5 Å². The average Bonchev–Trinajstić information content (AvgIpc) is 2.98. The number of hydrogen-bond donors (Lipinski definition) is 3. The Hall–Kier alpha value is -2.29. The Morgan fingerprint density at radius 2 is 2.00 bits per heavy atom. The Morgan fingerprint density at radius 1 is 1.17 bits per heavy atom. The molecule has 0 radical (unpaired) electrons. The third-order valence-electron chi connectivity index (χ3n) is 5.35. The van der Waals surface area contributed by atoms with Crippen LogP contribution >= 0.6 is 11.8 Å². The summed E-state index contributed by atoms with van der Waals surface area (Å²) in [6.07, 6.45) is -0.125. The number of nitrogens with one attached hydrogen (secondary N) is 3. The van der Waals surface area contributed by atoms with Gasteiger partial charge in [0.05, 0.1) is 19.0 Å². The van der Waals surface area contributed by atoms with Gasteiger partial charge in [0, 0.05) is 22.8 Å². The summed E-state index contributed by atoms with van der Waals surface area (Å²) in [5.41, 5.74) is 7.95. The molecule has 2 fully saturated rings. The Bertz CT molecular complexity index is 897. The van der Waals surface area contributed by atoms with Gasteiger partial charge in [-0.1, -0.05) is 24.3 Å².